The summed E-state index contributed by atoms with van der Waals surface area (Å²) in [6.07, 6.45) is 3.02. The molecular weight excluding hydrogens is 388 g/mol. The maximum atomic E-state index is 12.9. The van der Waals surface area contributed by atoms with E-state index >= 15 is 0 Å². The van der Waals surface area contributed by atoms with E-state index in [1.807, 2.05) is 30.9 Å². The van der Waals surface area contributed by atoms with Crippen molar-refractivity contribution in [2.45, 2.75) is 51.3 Å². The van der Waals surface area contributed by atoms with Gasteiger partial charge in [-0.15, -0.1) is 0 Å². The zero-order chi connectivity index (χ0) is 21.2. The van der Waals surface area contributed by atoms with Crippen molar-refractivity contribution in [1.82, 2.24) is 0 Å². The van der Waals surface area contributed by atoms with E-state index in [4.69, 9.17) is 4.74 Å². The fraction of sp³-hybridized carbons (Fsp3) is 0.409. The Bertz CT molecular complexity index is 1010. The van der Waals surface area contributed by atoms with Crippen LogP contribution in [0, 0.1) is 13.8 Å². The van der Waals surface area contributed by atoms with Crippen LogP contribution >= 0.6 is 0 Å². The Balaban J connectivity index is 1.88. The van der Waals surface area contributed by atoms with Gasteiger partial charge in [-0.3, -0.25) is 9.52 Å². The van der Waals surface area contributed by atoms with E-state index in [2.05, 4.69) is 11.6 Å². The number of anilines is 2. The first kappa shape index (κ1) is 21.2. The molecule has 0 unspecified atom stereocenters. The highest BCUT2D eigenvalue weighted by Gasteiger charge is 2.25. The molecule has 1 heterocycles. The molecule has 6 nitrogen and oxygen atoms in total. The van der Waals surface area contributed by atoms with E-state index in [0.29, 0.717) is 30.8 Å². The van der Waals surface area contributed by atoms with Gasteiger partial charge in [0.25, 0.3) is 10.0 Å². The Morgan fingerprint density at radius 1 is 1.10 bits per heavy atom. The van der Waals surface area contributed by atoms with Crippen LogP contribution in [0.2, 0.25) is 0 Å². The first-order valence-electron chi connectivity index (χ1n) is 9.88. The number of carbonyl (C=O) groups excluding carboxylic acids is 1. The lowest BCUT2D eigenvalue weighted by Gasteiger charge is -2.30. The largest absolute Gasteiger partial charge is 0.496 e. The number of nitrogens with zero attached hydrogens (tertiary/aromatic N) is 1. The Kier molecular flexibility index (Phi) is 6.17. The van der Waals surface area contributed by atoms with E-state index in [1.165, 1.54) is 0 Å². The van der Waals surface area contributed by atoms with Gasteiger partial charge in [-0.1, -0.05) is 13.3 Å². The third-order valence-corrected chi connectivity index (χ3v) is 6.58. The maximum absolute atomic E-state index is 12.9. The first-order valence-corrected chi connectivity index (χ1v) is 11.4. The summed E-state index contributed by atoms with van der Waals surface area (Å²) in [4.78, 5) is 14.3. The molecule has 7 heteroatoms. The van der Waals surface area contributed by atoms with Gasteiger partial charge in [-0.25, -0.2) is 8.42 Å². The molecule has 1 N–H and O–H groups in total. The number of fused-ring (bicyclic) bond motifs is 1. The number of hydrogen-bond donors (Lipinski definition) is 1. The highest BCUT2D eigenvalue weighted by molar-refractivity contribution is 7.92. The highest BCUT2D eigenvalue weighted by Crippen LogP contribution is 2.32. The van der Waals surface area contributed by atoms with Crippen molar-refractivity contribution < 1.29 is 17.9 Å². The number of methoxy groups -OCH3 is 1. The number of nitrogens with one attached hydrogen (secondary N) is 1. The molecule has 156 valence electrons. The van der Waals surface area contributed by atoms with Crippen molar-refractivity contribution in [3.05, 3.63) is 47.0 Å². The third-order valence-electron chi connectivity index (χ3n) is 5.22. The molecule has 2 aromatic rings. The van der Waals surface area contributed by atoms with E-state index in [-0.39, 0.29) is 10.8 Å². The van der Waals surface area contributed by atoms with E-state index < -0.39 is 10.0 Å². The van der Waals surface area contributed by atoms with Crippen LogP contribution in [0.1, 0.15) is 42.9 Å². The predicted molar refractivity (Wildman–Crippen MR) is 115 cm³/mol. The van der Waals surface area contributed by atoms with Crippen LogP contribution in [0.5, 0.6) is 5.75 Å². The summed E-state index contributed by atoms with van der Waals surface area (Å²) in [5.74, 6) is 0.818. The molecular formula is C22H28N2O4S. The molecule has 0 saturated heterocycles. The van der Waals surface area contributed by atoms with Gasteiger partial charge in [0.15, 0.2) is 0 Å². The molecule has 29 heavy (non-hydrogen) atoms. The number of hydrogen-bond acceptors (Lipinski definition) is 4. The SMILES string of the molecule is CCCCN1C(=O)CCc2cc(NS(=O)(=O)c3cc(C)c(OC)c(C)c3)ccc21. The molecule has 0 atom stereocenters. The van der Waals surface area contributed by atoms with Crippen LogP contribution in [0.25, 0.3) is 0 Å². The minimum absolute atomic E-state index is 0.128. The standard InChI is InChI=1S/C22H28N2O4S/c1-5-6-11-24-20-9-8-18(14-17(20)7-10-21(24)25)23-29(26,27)19-12-15(2)22(28-4)16(3)13-19/h8-9,12-14,23H,5-7,10-11H2,1-4H3. The monoisotopic (exact) mass is 416 g/mol. The minimum Gasteiger partial charge on any atom is -0.496 e. The fourth-order valence-corrected chi connectivity index (χ4v) is 5.01. The van der Waals surface area contributed by atoms with E-state index in [9.17, 15) is 13.2 Å². The van der Waals surface area contributed by atoms with Gasteiger partial charge in [0.2, 0.25) is 5.91 Å². The Hall–Kier alpha value is -2.54. The van der Waals surface area contributed by atoms with E-state index in [0.717, 1.165) is 35.2 Å². The lowest BCUT2D eigenvalue weighted by Crippen LogP contribution is -2.35. The second kappa shape index (κ2) is 8.45. The Morgan fingerprint density at radius 3 is 2.41 bits per heavy atom. The molecule has 0 radical (unpaired) electrons. The second-order valence-electron chi connectivity index (χ2n) is 7.44. The van der Waals surface area contributed by atoms with Crippen LogP contribution in [-0.2, 0) is 21.2 Å². The Labute approximate surface area is 172 Å². The van der Waals surface area contributed by atoms with Crippen LogP contribution in [-0.4, -0.2) is 28.0 Å². The van der Waals surface area contributed by atoms with Gasteiger partial charge in [-0.2, -0.15) is 0 Å². The summed E-state index contributed by atoms with van der Waals surface area (Å²) < 4.78 is 33.8. The van der Waals surface area contributed by atoms with Crippen LogP contribution in [0.15, 0.2) is 35.2 Å². The average Bonchev–Trinajstić information content (AvgIpc) is 2.67. The lowest BCUT2D eigenvalue weighted by molar-refractivity contribution is -0.118. The molecule has 0 aromatic heterocycles. The summed E-state index contributed by atoms with van der Waals surface area (Å²) in [5, 5.41) is 0. The minimum atomic E-state index is -3.73. The highest BCUT2D eigenvalue weighted by atomic mass is 32.2. The number of sulfonamides is 1. The van der Waals surface area contributed by atoms with Crippen molar-refractivity contribution in [2.24, 2.45) is 0 Å². The molecule has 1 amide bonds. The lowest BCUT2D eigenvalue weighted by atomic mass is 10.00. The summed E-state index contributed by atoms with van der Waals surface area (Å²) in [5.41, 5.74) is 3.91. The van der Waals surface area contributed by atoms with E-state index in [1.54, 1.807) is 25.3 Å². The summed E-state index contributed by atoms with van der Waals surface area (Å²) in [7, 11) is -2.16. The molecule has 0 spiro atoms. The normalized spacial score (nSPS) is 13.9. The molecule has 0 bridgehead atoms. The molecule has 0 aliphatic carbocycles. The number of rotatable bonds is 7. The quantitative estimate of drug-likeness (QED) is 0.734. The number of amides is 1. The van der Waals surface area contributed by atoms with Gasteiger partial charge in [0, 0.05) is 24.3 Å². The van der Waals surface area contributed by atoms with Gasteiger partial charge >= 0.3 is 0 Å². The van der Waals surface area contributed by atoms with Crippen molar-refractivity contribution in [2.75, 3.05) is 23.3 Å². The van der Waals surface area contributed by atoms with Gasteiger partial charge in [0.05, 0.1) is 12.0 Å². The first-order chi connectivity index (χ1) is 13.8. The molecule has 1 aliphatic rings. The zero-order valence-corrected chi connectivity index (χ0v) is 18.2. The van der Waals surface area contributed by atoms with Crippen molar-refractivity contribution in [3.8, 4) is 5.75 Å². The maximum Gasteiger partial charge on any atom is 0.261 e. The molecule has 1 aliphatic heterocycles. The molecule has 0 fully saturated rings. The third kappa shape index (κ3) is 4.40. The van der Waals surface area contributed by atoms with Crippen LogP contribution in [0.3, 0.4) is 0 Å². The summed E-state index contributed by atoms with van der Waals surface area (Å²) >= 11 is 0. The molecule has 2 aromatic carbocycles. The fourth-order valence-electron chi connectivity index (χ4n) is 3.79. The summed E-state index contributed by atoms with van der Waals surface area (Å²) in [6.45, 7) is 6.44. The average molecular weight is 417 g/mol. The predicted octanol–water partition coefficient (Wildman–Crippen LogP) is 4.19. The number of unbranched alkanes of at least 4 members (excludes halogenated alkanes) is 1. The molecule has 0 saturated carbocycles. The van der Waals surface area contributed by atoms with Gasteiger partial charge in [-0.05, 0) is 73.7 Å². The molecule has 3 rings (SSSR count). The summed E-state index contributed by atoms with van der Waals surface area (Å²) in [6, 6.07) is 8.61. The number of aryl methyl sites for hydroxylation is 3. The van der Waals surface area contributed by atoms with Crippen LogP contribution in [0.4, 0.5) is 11.4 Å². The number of benzene rings is 2. The van der Waals surface area contributed by atoms with Crippen molar-refractivity contribution >= 4 is 27.3 Å². The number of ether oxygens (including phenoxy) is 1. The zero-order valence-electron chi connectivity index (χ0n) is 17.4. The van der Waals surface area contributed by atoms with Crippen molar-refractivity contribution in [3.63, 3.8) is 0 Å². The number of carbonyl (C=O) groups is 1. The Morgan fingerprint density at radius 2 is 1.79 bits per heavy atom. The second-order valence-corrected chi connectivity index (χ2v) is 9.12. The van der Waals surface area contributed by atoms with Gasteiger partial charge in [0.1, 0.15) is 5.75 Å². The smallest absolute Gasteiger partial charge is 0.261 e. The van der Waals surface area contributed by atoms with Crippen LogP contribution < -0.4 is 14.4 Å². The van der Waals surface area contributed by atoms with Crippen molar-refractivity contribution in [1.29, 1.82) is 0 Å². The van der Waals surface area contributed by atoms with Gasteiger partial charge < -0.3 is 9.64 Å². The topological polar surface area (TPSA) is 75.7 Å².